The van der Waals surface area contributed by atoms with Crippen LogP contribution in [0.4, 0.5) is 5.69 Å². The van der Waals surface area contributed by atoms with Crippen LogP contribution in [-0.2, 0) is 11.3 Å². The van der Waals surface area contributed by atoms with Crippen LogP contribution < -0.4 is 25.1 Å². The van der Waals surface area contributed by atoms with Gasteiger partial charge in [-0.2, -0.15) is 4.98 Å². The van der Waals surface area contributed by atoms with E-state index in [1.807, 2.05) is 0 Å². The third kappa shape index (κ3) is 4.60. The van der Waals surface area contributed by atoms with Gasteiger partial charge in [0.15, 0.2) is 11.5 Å². The van der Waals surface area contributed by atoms with Gasteiger partial charge in [0.1, 0.15) is 17.9 Å². The number of carbonyl (C=O) groups excluding carboxylic acids is 1. The van der Waals surface area contributed by atoms with Crippen molar-refractivity contribution in [3.05, 3.63) is 71.1 Å². The topological polar surface area (TPSA) is 118 Å². The number of pyridine rings is 1. The van der Waals surface area contributed by atoms with Crippen molar-refractivity contribution in [1.29, 1.82) is 0 Å². The first-order valence-corrected chi connectivity index (χ1v) is 10.2. The van der Waals surface area contributed by atoms with Crippen molar-refractivity contribution in [2.45, 2.75) is 6.54 Å². The van der Waals surface area contributed by atoms with E-state index in [0.717, 1.165) is 0 Å². The molecule has 10 nitrogen and oxygen atoms in total. The Balaban J connectivity index is 1.56. The standard InChI is InChI=1S/C24H22N4O6/c1-31-18-9-5-4-8-17(18)25-21(29)14-28-12-6-7-16(24(28)30)23-26-22(27-34-23)15-10-11-19(32-2)20(13-15)33-3/h4-13H,14H2,1-3H3,(H,25,29). The zero-order chi connectivity index (χ0) is 24.1. The maximum absolute atomic E-state index is 13.0. The van der Waals surface area contributed by atoms with E-state index in [2.05, 4.69) is 15.5 Å². The van der Waals surface area contributed by atoms with Crippen LogP contribution in [0.15, 0.2) is 70.1 Å². The van der Waals surface area contributed by atoms with Gasteiger partial charge >= 0.3 is 0 Å². The largest absolute Gasteiger partial charge is 0.495 e. The predicted octanol–water partition coefficient (Wildman–Crippen LogP) is 3.23. The maximum atomic E-state index is 13.0. The number of rotatable bonds is 8. The third-order valence-electron chi connectivity index (χ3n) is 5.01. The fourth-order valence-corrected chi connectivity index (χ4v) is 3.34. The molecular formula is C24H22N4O6. The van der Waals surface area contributed by atoms with Crippen LogP contribution in [0.3, 0.4) is 0 Å². The van der Waals surface area contributed by atoms with Crippen LogP contribution in [0.1, 0.15) is 0 Å². The quantitative estimate of drug-likeness (QED) is 0.424. The first-order chi connectivity index (χ1) is 16.5. The molecule has 0 spiro atoms. The van der Waals surface area contributed by atoms with E-state index in [9.17, 15) is 9.59 Å². The van der Waals surface area contributed by atoms with Gasteiger partial charge < -0.3 is 28.6 Å². The number of nitrogens with zero attached hydrogens (tertiary/aromatic N) is 3. The minimum Gasteiger partial charge on any atom is -0.495 e. The minimum atomic E-state index is -0.444. The molecule has 2 aromatic heterocycles. The Morgan fingerprint density at radius 2 is 1.74 bits per heavy atom. The van der Waals surface area contributed by atoms with Gasteiger partial charge in [-0.1, -0.05) is 17.3 Å². The van der Waals surface area contributed by atoms with Gasteiger partial charge in [-0.15, -0.1) is 0 Å². The number of anilines is 1. The van der Waals surface area contributed by atoms with Gasteiger partial charge in [0.05, 0.1) is 27.0 Å². The van der Waals surface area contributed by atoms with Crippen LogP contribution >= 0.6 is 0 Å². The summed E-state index contributed by atoms with van der Waals surface area (Å²) in [6.45, 7) is -0.207. The molecule has 4 rings (SSSR count). The van der Waals surface area contributed by atoms with Crippen molar-refractivity contribution in [2.24, 2.45) is 0 Å². The smallest absolute Gasteiger partial charge is 0.263 e. The van der Waals surface area contributed by atoms with Crippen molar-refractivity contribution in [3.8, 4) is 40.1 Å². The third-order valence-corrected chi connectivity index (χ3v) is 5.01. The second-order valence-corrected chi connectivity index (χ2v) is 7.10. The van der Waals surface area contributed by atoms with Gasteiger partial charge in [-0.05, 0) is 42.5 Å². The Morgan fingerprint density at radius 3 is 2.50 bits per heavy atom. The second-order valence-electron chi connectivity index (χ2n) is 7.10. The number of aromatic nitrogens is 3. The molecule has 0 atom stereocenters. The van der Waals surface area contributed by atoms with Crippen molar-refractivity contribution in [1.82, 2.24) is 14.7 Å². The molecule has 0 aliphatic carbocycles. The number of hydrogen-bond donors (Lipinski definition) is 1. The number of amides is 1. The lowest BCUT2D eigenvalue weighted by Crippen LogP contribution is -2.28. The van der Waals surface area contributed by atoms with Crippen LogP contribution in [0.25, 0.3) is 22.8 Å². The fourth-order valence-electron chi connectivity index (χ4n) is 3.34. The highest BCUT2D eigenvalue weighted by atomic mass is 16.5. The van der Waals surface area contributed by atoms with Crippen molar-refractivity contribution in [3.63, 3.8) is 0 Å². The van der Waals surface area contributed by atoms with Crippen LogP contribution in [-0.4, -0.2) is 41.9 Å². The molecule has 0 saturated carbocycles. The normalized spacial score (nSPS) is 10.6. The highest BCUT2D eigenvalue weighted by Crippen LogP contribution is 2.31. The van der Waals surface area contributed by atoms with E-state index < -0.39 is 5.56 Å². The summed E-state index contributed by atoms with van der Waals surface area (Å²) in [5.41, 5.74) is 0.864. The Hall–Kier alpha value is -4.60. The molecule has 0 unspecified atom stereocenters. The van der Waals surface area contributed by atoms with Crippen molar-refractivity contribution in [2.75, 3.05) is 26.6 Å². The monoisotopic (exact) mass is 462 g/mol. The molecular weight excluding hydrogens is 440 g/mol. The molecule has 174 valence electrons. The molecule has 0 fully saturated rings. The summed E-state index contributed by atoms with van der Waals surface area (Å²) in [5.74, 6) is 1.52. The number of hydrogen-bond acceptors (Lipinski definition) is 8. The van der Waals surface area contributed by atoms with E-state index >= 15 is 0 Å². The van der Waals surface area contributed by atoms with Crippen LogP contribution in [0.5, 0.6) is 17.2 Å². The summed E-state index contributed by atoms with van der Waals surface area (Å²) < 4.78 is 22.4. The van der Waals surface area contributed by atoms with E-state index in [1.165, 1.54) is 25.0 Å². The molecule has 0 saturated heterocycles. The second kappa shape index (κ2) is 9.90. The Bertz CT molecular complexity index is 1380. The van der Waals surface area contributed by atoms with Crippen molar-refractivity contribution >= 4 is 11.6 Å². The molecule has 0 aliphatic heterocycles. The minimum absolute atomic E-state index is 0.0364. The van der Waals surface area contributed by atoms with Crippen LogP contribution in [0, 0.1) is 0 Å². The van der Waals surface area contributed by atoms with E-state index in [0.29, 0.717) is 28.5 Å². The molecule has 34 heavy (non-hydrogen) atoms. The van der Waals surface area contributed by atoms with Gasteiger partial charge in [0.25, 0.3) is 11.4 Å². The molecule has 0 radical (unpaired) electrons. The average Bonchev–Trinajstić information content (AvgIpc) is 3.35. The molecule has 0 bridgehead atoms. The molecule has 2 heterocycles. The molecule has 1 amide bonds. The lowest BCUT2D eigenvalue weighted by atomic mass is 10.2. The Kier molecular flexibility index (Phi) is 6.58. The molecule has 2 aromatic carbocycles. The van der Waals surface area contributed by atoms with E-state index in [1.54, 1.807) is 61.7 Å². The first kappa shape index (κ1) is 22.6. The first-order valence-electron chi connectivity index (χ1n) is 10.2. The molecule has 4 aromatic rings. The predicted molar refractivity (Wildman–Crippen MR) is 124 cm³/mol. The van der Waals surface area contributed by atoms with Crippen molar-refractivity contribution < 1.29 is 23.5 Å². The van der Waals surface area contributed by atoms with E-state index in [4.69, 9.17) is 18.7 Å². The molecule has 0 aliphatic rings. The number of para-hydroxylation sites is 2. The molecule has 1 N–H and O–H groups in total. The summed E-state index contributed by atoms with van der Waals surface area (Å²) in [6.07, 6.45) is 1.51. The zero-order valence-corrected chi connectivity index (χ0v) is 18.8. The summed E-state index contributed by atoms with van der Waals surface area (Å²) in [4.78, 5) is 29.9. The number of benzene rings is 2. The van der Waals surface area contributed by atoms with Crippen LogP contribution in [0.2, 0.25) is 0 Å². The maximum Gasteiger partial charge on any atom is 0.263 e. The lowest BCUT2D eigenvalue weighted by Gasteiger charge is -2.11. The van der Waals surface area contributed by atoms with Gasteiger partial charge in [-0.25, -0.2) is 0 Å². The number of methoxy groups -OCH3 is 3. The van der Waals surface area contributed by atoms with E-state index in [-0.39, 0.29) is 29.7 Å². The number of ether oxygens (including phenoxy) is 3. The van der Waals surface area contributed by atoms with Gasteiger partial charge in [0.2, 0.25) is 11.7 Å². The average molecular weight is 462 g/mol. The zero-order valence-electron chi connectivity index (χ0n) is 18.8. The SMILES string of the molecule is COc1ccccc1NC(=O)Cn1cccc(-c2nc(-c3ccc(OC)c(OC)c3)no2)c1=O. The summed E-state index contributed by atoms with van der Waals surface area (Å²) >= 11 is 0. The summed E-state index contributed by atoms with van der Waals surface area (Å²) in [5, 5.41) is 6.72. The Labute approximate surface area is 194 Å². The fraction of sp³-hybridized carbons (Fsp3) is 0.167. The molecule has 10 heteroatoms. The number of carbonyl (C=O) groups is 1. The number of nitrogens with one attached hydrogen (secondary N) is 1. The van der Waals surface area contributed by atoms with Gasteiger partial charge in [-0.3, -0.25) is 9.59 Å². The summed E-state index contributed by atoms with van der Waals surface area (Å²) in [6, 6.07) is 15.4. The highest BCUT2D eigenvalue weighted by molar-refractivity contribution is 5.92. The Morgan fingerprint density at radius 1 is 0.971 bits per heavy atom. The summed E-state index contributed by atoms with van der Waals surface area (Å²) in [7, 11) is 4.58. The lowest BCUT2D eigenvalue weighted by molar-refractivity contribution is -0.116. The highest BCUT2D eigenvalue weighted by Gasteiger charge is 2.17. The van der Waals surface area contributed by atoms with Gasteiger partial charge in [0, 0.05) is 11.8 Å².